The molecule has 0 N–H and O–H groups in total. The highest BCUT2D eigenvalue weighted by atomic mass is 32.1. The molecule has 0 aliphatic rings. The summed E-state index contributed by atoms with van der Waals surface area (Å²) in [6, 6.07) is 1.78. The van der Waals surface area contributed by atoms with Gasteiger partial charge in [-0.3, -0.25) is 18.6 Å². The van der Waals surface area contributed by atoms with Gasteiger partial charge in [-0.25, -0.2) is 9.78 Å². The van der Waals surface area contributed by atoms with Gasteiger partial charge in [0.1, 0.15) is 27.7 Å². The van der Waals surface area contributed by atoms with E-state index >= 15 is 0 Å². The fourth-order valence-electron chi connectivity index (χ4n) is 3.38. The Morgan fingerprint density at radius 2 is 2.03 bits per heavy atom. The van der Waals surface area contributed by atoms with Crippen LogP contribution in [0.15, 0.2) is 31.8 Å². The zero-order valence-electron chi connectivity index (χ0n) is 16.1. The second kappa shape index (κ2) is 6.35. The molecular formula is C18H14N6O5S. The fraction of sp³-hybridized carbons (Fsp3) is 0.222. The molecule has 0 spiro atoms. The summed E-state index contributed by atoms with van der Waals surface area (Å²) in [7, 11) is 3.13. The zero-order chi connectivity index (χ0) is 21.2. The maximum absolute atomic E-state index is 12.8. The van der Waals surface area contributed by atoms with Crippen LogP contribution in [-0.4, -0.2) is 34.7 Å². The molecule has 12 heteroatoms. The Morgan fingerprint density at radius 1 is 1.23 bits per heavy atom. The van der Waals surface area contributed by atoms with Crippen LogP contribution in [-0.2, 0) is 25.4 Å². The van der Waals surface area contributed by atoms with Gasteiger partial charge in [-0.2, -0.15) is 0 Å². The first-order chi connectivity index (χ1) is 14.4. The first-order valence-corrected chi connectivity index (χ1v) is 9.68. The summed E-state index contributed by atoms with van der Waals surface area (Å²) in [6.45, 7) is 1.35. The Morgan fingerprint density at radius 3 is 2.83 bits per heavy atom. The smallest absolute Gasteiger partial charge is 0.343 e. The standard InChI is InChI=1S/C18H14N6O5S/c1-8-11(12-14(29-8)19-7-22(2)15(12)25)17(27)28-6-10-20-21-18-23(3)16(26)13-9(24(10)18)4-5-30-13/h4-5,7H,6H2,1-3H3. The van der Waals surface area contributed by atoms with Gasteiger partial charge in [0, 0.05) is 14.1 Å². The second-order valence-corrected chi connectivity index (χ2v) is 7.62. The van der Waals surface area contributed by atoms with Crippen LogP contribution in [0.5, 0.6) is 0 Å². The third-order valence-electron chi connectivity index (χ3n) is 4.88. The van der Waals surface area contributed by atoms with Crippen molar-refractivity contribution in [3.8, 4) is 0 Å². The number of rotatable bonds is 3. The monoisotopic (exact) mass is 426 g/mol. The minimum Gasteiger partial charge on any atom is -0.454 e. The Balaban J connectivity index is 1.56. The summed E-state index contributed by atoms with van der Waals surface area (Å²) >= 11 is 1.31. The molecule has 0 atom stereocenters. The lowest BCUT2D eigenvalue weighted by molar-refractivity contribution is 0.0461. The zero-order valence-corrected chi connectivity index (χ0v) is 16.9. The quantitative estimate of drug-likeness (QED) is 0.393. The number of fused-ring (bicyclic) bond motifs is 4. The van der Waals surface area contributed by atoms with Gasteiger partial charge in [0.15, 0.2) is 12.4 Å². The number of carbonyl (C=O) groups excluding carboxylic acids is 1. The van der Waals surface area contributed by atoms with Gasteiger partial charge in [0.25, 0.3) is 11.1 Å². The average Bonchev–Trinajstić information content (AvgIpc) is 3.43. The third-order valence-corrected chi connectivity index (χ3v) is 5.77. The predicted molar refractivity (Wildman–Crippen MR) is 107 cm³/mol. The number of hydrogen-bond acceptors (Lipinski definition) is 9. The van der Waals surface area contributed by atoms with E-state index in [0.717, 1.165) is 0 Å². The van der Waals surface area contributed by atoms with Crippen molar-refractivity contribution in [3.05, 3.63) is 55.6 Å². The fourth-order valence-corrected chi connectivity index (χ4v) is 4.23. The lowest BCUT2D eigenvalue weighted by atomic mass is 10.2. The van der Waals surface area contributed by atoms with E-state index in [2.05, 4.69) is 15.2 Å². The van der Waals surface area contributed by atoms with Crippen molar-refractivity contribution in [1.82, 2.24) is 28.7 Å². The Labute approximate surface area is 170 Å². The first-order valence-electron chi connectivity index (χ1n) is 8.80. The SMILES string of the molecule is Cc1oc2ncn(C)c(=O)c2c1C(=O)OCc1nnc2n(C)c(=O)c3sccc3n12. The summed E-state index contributed by atoms with van der Waals surface area (Å²) in [5.74, 6) is 0.174. The van der Waals surface area contributed by atoms with Gasteiger partial charge in [-0.15, -0.1) is 21.5 Å². The van der Waals surface area contributed by atoms with E-state index in [1.165, 1.54) is 33.8 Å². The van der Waals surface area contributed by atoms with Crippen LogP contribution in [0.3, 0.4) is 0 Å². The van der Waals surface area contributed by atoms with Crippen molar-refractivity contribution >= 4 is 44.4 Å². The Kier molecular flexibility index (Phi) is 3.86. The number of hydrogen-bond donors (Lipinski definition) is 0. The van der Waals surface area contributed by atoms with Crippen molar-refractivity contribution in [1.29, 1.82) is 0 Å². The lowest BCUT2D eigenvalue weighted by Gasteiger charge is -2.06. The lowest BCUT2D eigenvalue weighted by Crippen LogP contribution is -2.20. The Bertz CT molecular complexity index is 1600. The topological polar surface area (TPSA) is 127 Å². The molecule has 30 heavy (non-hydrogen) atoms. The van der Waals surface area contributed by atoms with Gasteiger partial charge in [-0.1, -0.05) is 0 Å². The molecule has 0 radical (unpaired) electrons. The first kappa shape index (κ1) is 18.2. The van der Waals surface area contributed by atoms with Crippen molar-refractivity contribution < 1.29 is 13.9 Å². The minimum absolute atomic E-state index is 0.0283. The number of aryl methyl sites for hydroxylation is 3. The average molecular weight is 426 g/mol. The molecule has 5 aromatic rings. The number of esters is 1. The van der Waals surface area contributed by atoms with E-state index in [1.807, 2.05) is 0 Å². The molecule has 5 rings (SSSR count). The summed E-state index contributed by atoms with van der Waals surface area (Å²) in [6.07, 6.45) is 1.32. The number of thiophene rings is 1. The summed E-state index contributed by atoms with van der Waals surface area (Å²) in [5.41, 5.74) is 0.155. The van der Waals surface area contributed by atoms with E-state index in [0.29, 0.717) is 21.8 Å². The molecule has 0 aromatic carbocycles. The van der Waals surface area contributed by atoms with Crippen LogP contribution < -0.4 is 11.1 Å². The normalized spacial score (nSPS) is 11.7. The van der Waals surface area contributed by atoms with Crippen LogP contribution in [0.2, 0.25) is 0 Å². The molecule has 0 saturated carbocycles. The number of aromatic nitrogens is 6. The molecule has 152 valence electrons. The highest BCUT2D eigenvalue weighted by Gasteiger charge is 2.25. The molecule has 5 heterocycles. The van der Waals surface area contributed by atoms with Crippen LogP contribution >= 0.6 is 11.3 Å². The van der Waals surface area contributed by atoms with E-state index in [9.17, 15) is 14.4 Å². The second-order valence-electron chi connectivity index (χ2n) is 6.70. The number of nitrogens with zero attached hydrogens (tertiary/aromatic N) is 6. The van der Waals surface area contributed by atoms with Crippen molar-refractivity contribution in [2.75, 3.05) is 0 Å². The van der Waals surface area contributed by atoms with Gasteiger partial charge >= 0.3 is 5.97 Å². The molecule has 5 aromatic heterocycles. The molecule has 0 amide bonds. The largest absolute Gasteiger partial charge is 0.454 e. The number of carbonyl (C=O) groups is 1. The molecule has 0 aliphatic heterocycles. The Hall–Kier alpha value is -3.80. The van der Waals surface area contributed by atoms with Gasteiger partial charge in [-0.05, 0) is 18.4 Å². The molecule has 0 saturated heterocycles. The number of ether oxygens (including phenoxy) is 1. The number of furan rings is 1. The van der Waals surface area contributed by atoms with Crippen molar-refractivity contribution in [3.63, 3.8) is 0 Å². The van der Waals surface area contributed by atoms with E-state index in [-0.39, 0.29) is 34.6 Å². The highest BCUT2D eigenvalue weighted by molar-refractivity contribution is 7.17. The summed E-state index contributed by atoms with van der Waals surface area (Å²) in [5, 5.41) is 9.99. The molecular weight excluding hydrogens is 412 g/mol. The maximum atomic E-state index is 12.8. The van der Waals surface area contributed by atoms with Crippen LogP contribution in [0, 0.1) is 6.92 Å². The van der Waals surface area contributed by atoms with E-state index in [1.54, 1.807) is 29.8 Å². The molecule has 11 nitrogen and oxygen atoms in total. The molecule has 0 aliphatic carbocycles. The van der Waals surface area contributed by atoms with Crippen molar-refractivity contribution in [2.45, 2.75) is 13.5 Å². The van der Waals surface area contributed by atoms with E-state index < -0.39 is 11.5 Å². The summed E-state index contributed by atoms with van der Waals surface area (Å²) < 4.78 is 15.7. The van der Waals surface area contributed by atoms with E-state index in [4.69, 9.17) is 9.15 Å². The highest BCUT2D eigenvalue weighted by Crippen LogP contribution is 2.23. The van der Waals surface area contributed by atoms with Gasteiger partial charge in [0.2, 0.25) is 11.5 Å². The minimum atomic E-state index is -0.737. The third kappa shape index (κ3) is 2.43. The molecule has 0 bridgehead atoms. The molecule has 0 fully saturated rings. The predicted octanol–water partition coefficient (Wildman–Crippen LogP) is 1.15. The van der Waals surface area contributed by atoms with Gasteiger partial charge in [0.05, 0.1) is 5.52 Å². The van der Waals surface area contributed by atoms with Gasteiger partial charge < -0.3 is 13.7 Å². The van der Waals surface area contributed by atoms with Crippen LogP contribution in [0.25, 0.3) is 27.1 Å². The van der Waals surface area contributed by atoms with Crippen molar-refractivity contribution in [2.24, 2.45) is 14.1 Å². The van der Waals surface area contributed by atoms with Crippen LogP contribution in [0.4, 0.5) is 0 Å². The molecule has 0 unspecified atom stereocenters. The van der Waals surface area contributed by atoms with Crippen LogP contribution in [0.1, 0.15) is 21.9 Å². The summed E-state index contributed by atoms with van der Waals surface area (Å²) in [4.78, 5) is 41.7. The maximum Gasteiger partial charge on any atom is 0.343 e.